The Bertz CT molecular complexity index is 434. The molecule has 4 heteroatoms. The van der Waals surface area contributed by atoms with Crippen molar-refractivity contribution in [2.24, 2.45) is 13.0 Å². The monoisotopic (exact) mass is 236 g/mol. The van der Waals surface area contributed by atoms with Gasteiger partial charge in [0.15, 0.2) is 5.75 Å². The number of hydrogen-bond acceptors (Lipinski definition) is 3. The van der Waals surface area contributed by atoms with E-state index in [0.29, 0.717) is 18.3 Å². The highest BCUT2D eigenvalue weighted by atomic mass is 16.5. The van der Waals surface area contributed by atoms with Crippen molar-refractivity contribution in [3.63, 3.8) is 0 Å². The average molecular weight is 236 g/mol. The van der Waals surface area contributed by atoms with Gasteiger partial charge in [-0.3, -0.25) is 4.79 Å². The summed E-state index contributed by atoms with van der Waals surface area (Å²) in [5.74, 6) is 1.08. The van der Waals surface area contributed by atoms with Crippen LogP contribution in [0.4, 0.5) is 0 Å². The molecule has 0 atom stereocenters. The molecule has 0 aromatic carbocycles. The lowest BCUT2D eigenvalue weighted by Crippen LogP contribution is -2.31. The molecule has 17 heavy (non-hydrogen) atoms. The summed E-state index contributed by atoms with van der Waals surface area (Å²) in [5, 5.41) is 3.32. The molecule has 0 amide bonds. The predicted molar refractivity (Wildman–Crippen MR) is 67.5 cm³/mol. The number of piperidine rings is 1. The molecule has 0 aliphatic carbocycles. The molecule has 0 saturated carbocycles. The van der Waals surface area contributed by atoms with E-state index < -0.39 is 0 Å². The zero-order valence-corrected chi connectivity index (χ0v) is 10.5. The Kier molecular flexibility index (Phi) is 3.84. The number of aryl methyl sites for hydroxylation is 1. The maximum atomic E-state index is 11.7. The molecule has 1 aliphatic heterocycles. The van der Waals surface area contributed by atoms with Gasteiger partial charge in [0.25, 0.3) is 0 Å². The van der Waals surface area contributed by atoms with E-state index in [2.05, 4.69) is 5.32 Å². The topological polar surface area (TPSA) is 43.3 Å². The minimum absolute atomic E-state index is 0.0189. The Labute approximate surface area is 102 Å². The molecule has 1 saturated heterocycles. The van der Waals surface area contributed by atoms with E-state index in [1.165, 1.54) is 0 Å². The zero-order chi connectivity index (χ0) is 12.3. The third kappa shape index (κ3) is 2.88. The van der Waals surface area contributed by atoms with Crippen LogP contribution in [0.5, 0.6) is 5.75 Å². The van der Waals surface area contributed by atoms with Gasteiger partial charge in [0.05, 0.1) is 12.3 Å². The third-order valence-corrected chi connectivity index (χ3v) is 3.45. The van der Waals surface area contributed by atoms with E-state index in [4.69, 9.17) is 4.74 Å². The van der Waals surface area contributed by atoms with Crippen molar-refractivity contribution in [1.29, 1.82) is 0 Å². The summed E-state index contributed by atoms with van der Waals surface area (Å²) in [4.78, 5) is 11.7. The molecule has 94 valence electrons. The van der Waals surface area contributed by atoms with Crippen molar-refractivity contribution in [2.45, 2.75) is 19.8 Å². The molecule has 1 aliphatic rings. The normalized spacial score (nSPS) is 17.1. The van der Waals surface area contributed by atoms with E-state index >= 15 is 0 Å². The van der Waals surface area contributed by atoms with Crippen molar-refractivity contribution in [2.75, 3.05) is 19.7 Å². The highest BCUT2D eigenvalue weighted by molar-refractivity contribution is 5.26. The molecular formula is C13H20N2O2. The van der Waals surface area contributed by atoms with Gasteiger partial charge in [0, 0.05) is 19.3 Å². The van der Waals surface area contributed by atoms with Gasteiger partial charge in [-0.05, 0) is 38.8 Å². The van der Waals surface area contributed by atoms with Crippen molar-refractivity contribution >= 4 is 0 Å². The Morgan fingerprint density at radius 2 is 2.18 bits per heavy atom. The van der Waals surface area contributed by atoms with Crippen LogP contribution in [-0.2, 0) is 7.05 Å². The highest BCUT2D eigenvalue weighted by Gasteiger charge is 2.15. The van der Waals surface area contributed by atoms with Gasteiger partial charge < -0.3 is 14.6 Å². The molecule has 1 N–H and O–H groups in total. The van der Waals surface area contributed by atoms with Gasteiger partial charge in [-0.25, -0.2) is 0 Å². The van der Waals surface area contributed by atoms with Gasteiger partial charge in [-0.1, -0.05) is 0 Å². The van der Waals surface area contributed by atoms with E-state index in [9.17, 15) is 4.79 Å². The summed E-state index contributed by atoms with van der Waals surface area (Å²) in [6, 6.07) is 1.56. The van der Waals surface area contributed by atoms with Gasteiger partial charge in [0.1, 0.15) is 0 Å². The molecule has 1 aromatic heterocycles. The first-order chi connectivity index (χ1) is 8.18. The second kappa shape index (κ2) is 5.36. The largest absolute Gasteiger partial charge is 0.487 e. The number of rotatable bonds is 3. The van der Waals surface area contributed by atoms with Crippen LogP contribution in [0.3, 0.4) is 0 Å². The SMILES string of the molecule is Cc1c(OCC2CCNCC2)c(=O)ccn1C. The summed E-state index contributed by atoms with van der Waals surface area (Å²) in [6.07, 6.45) is 4.04. The van der Waals surface area contributed by atoms with Gasteiger partial charge in [-0.2, -0.15) is 0 Å². The van der Waals surface area contributed by atoms with Crippen LogP contribution in [0.1, 0.15) is 18.5 Å². The maximum Gasteiger partial charge on any atom is 0.223 e. The van der Waals surface area contributed by atoms with Crippen LogP contribution < -0.4 is 15.5 Å². The van der Waals surface area contributed by atoms with Crippen molar-refractivity contribution in [3.05, 3.63) is 28.2 Å². The number of nitrogens with zero attached hydrogens (tertiary/aromatic N) is 1. The molecule has 0 spiro atoms. The number of pyridine rings is 1. The first-order valence-electron chi connectivity index (χ1n) is 6.18. The standard InChI is InChI=1S/C13H20N2O2/c1-10-13(12(16)5-8-15(10)2)17-9-11-3-6-14-7-4-11/h5,8,11,14H,3-4,6-7,9H2,1-2H3. The van der Waals surface area contributed by atoms with Crippen molar-refractivity contribution in [1.82, 2.24) is 9.88 Å². The molecule has 1 fully saturated rings. The fourth-order valence-electron chi connectivity index (χ4n) is 2.13. The Morgan fingerprint density at radius 1 is 1.47 bits per heavy atom. The van der Waals surface area contributed by atoms with Crippen LogP contribution >= 0.6 is 0 Å². The lowest BCUT2D eigenvalue weighted by molar-refractivity contribution is 0.211. The van der Waals surface area contributed by atoms with E-state index in [0.717, 1.165) is 31.6 Å². The van der Waals surface area contributed by atoms with Crippen LogP contribution in [0, 0.1) is 12.8 Å². The number of hydrogen-bond donors (Lipinski definition) is 1. The van der Waals surface area contributed by atoms with Crippen LogP contribution in [0.15, 0.2) is 17.1 Å². The second-order valence-electron chi connectivity index (χ2n) is 4.71. The van der Waals surface area contributed by atoms with Crippen LogP contribution in [-0.4, -0.2) is 24.3 Å². The summed E-state index contributed by atoms with van der Waals surface area (Å²) < 4.78 is 7.64. The van der Waals surface area contributed by atoms with E-state index in [1.807, 2.05) is 18.5 Å². The average Bonchev–Trinajstić information content (AvgIpc) is 2.35. The van der Waals surface area contributed by atoms with Gasteiger partial charge >= 0.3 is 0 Å². The van der Waals surface area contributed by atoms with Gasteiger partial charge in [-0.15, -0.1) is 0 Å². The molecule has 1 aromatic rings. The second-order valence-corrected chi connectivity index (χ2v) is 4.71. The molecular weight excluding hydrogens is 216 g/mol. The van der Waals surface area contributed by atoms with Gasteiger partial charge in [0.2, 0.25) is 5.43 Å². The fourth-order valence-corrected chi connectivity index (χ4v) is 2.13. The van der Waals surface area contributed by atoms with Crippen molar-refractivity contribution in [3.8, 4) is 5.75 Å². The Hall–Kier alpha value is -1.29. The van der Waals surface area contributed by atoms with Crippen molar-refractivity contribution < 1.29 is 4.74 Å². The predicted octanol–water partition coefficient (Wildman–Crippen LogP) is 1.07. The Balaban J connectivity index is 2.03. The van der Waals surface area contributed by atoms with Crippen LogP contribution in [0.25, 0.3) is 0 Å². The minimum Gasteiger partial charge on any atom is -0.487 e. The summed E-state index contributed by atoms with van der Waals surface area (Å²) in [7, 11) is 1.92. The highest BCUT2D eigenvalue weighted by Crippen LogP contribution is 2.16. The minimum atomic E-state index is -0.0189. The third-order valence-electron chi connectivity index (χ3n) is 3.45. The lowest BCUT2D eigenvalue weighted by atomic mass is 9.99. The molecule has 0 bridgehead atoms. The molecule has 0 unspecified atom stereocenters. The zero-order valence-electron chi connectivity index (χ0n) is 10.5. The van der Waals surface area contributed by atoms with Crippen LogP contribution in [0.2, 0.25) is 0 Å². The number of aromatic nitrogens is 1. The summed E-state index contributed by atoms with van der Waals surface area (Å²) in [5.41, 5.74) is 0.876. The first kappa shape index (κ1) is 12.2. The van der Waals surface area contributed by atoms with E-state index in [-0.39, 0.29) is 5.43 Å². The van der Waals surface area contributed by atoms with E-state index in [1.54, 1.807) is 12.3 Å². The number of nitrogens with one attached hydrogen (secondary N) is 1. The molecule has 4 nitrogen and oxygen atoms in total. The molecule has 2 rings (SSSR count). The Morgan fingerprint density at radius 3 is 2.88 bits per heavy atom. The first-order valence-corrected chi connectivity index (χ1v) is 6.18. The smallest absolute Gasteiger partial charge is 0.223 e. The molecule has 0 radical (unpaired) electrons. The summed E-state index contributed by atoms with van der Waals surface area (Å²) >= 11 is 0. The lowest BCUT2D eigenvalue weighted by Gasteiger charge is -2.23. The summed E-state index contributed by atoms with van der Waals surface area (Å²) in [6.45, 7) is 4.68. The molecule has 2 heterocycles. The number of ether oxygens (including phenoxy) is 1. The maximum absolute atomic E-state index is 11.7. The quantitative estimate of drug-likeness (QED) is 0.853. The fraction of sp³-hybridized carbons (Fsp3) is 0.615.